The molecule has 0 saturated carbocycles. The molecule has 0 fully saturated rings. The number of hydrogen-bond donors (Lipinski definition) is 0. The average molecular weight is 265 g/mol. The highest BCUT2D eigenvalue weighted by Crippen LogP contribution is 2.30. The molecule has 2 rings (SSSR count). The van der Waals surface area contributed by atoms with Crippen LogP contribution in [0.5, 0.6) is 0 Å². The van der Waals surface area contributed by atoms with Gasteiger partial charge in [-0.2, -0.15) is 5.10 Å². The van der Waals surface area contributed by atoms with Crippen LogP contribution >= 0.6 is 22.3 Å². The predicted molar refractivity (Wildman–Crippen MR) is 58.8 cm³/mol. The summed E-state index contributed by atoms with van der Waals surface area (Å²) < 4.78 is 24.1. The highest BCUT2D eigenvalue weighted by Gasteiger charge is 2.19. The average Bonchev–Trinajstić information content (AvgIpc) is 2.41. The fourth-order valence-electron chi connectivity index (χ4n) is 1.44. The second-order valence-corrected chi connectivity index (χ2v) is 5.89. The van der Waals surface area contributed by atoms with Gasteiger partial charge >= 0.3 is 0 Å². The Bertz CT molecular complexity index is 633. The first kappa shape index (κ1) is 10.7. The third-order valence-electron chi connectivity index (χ3n) is 2.06. The number of fused-ring (bicyclic) bond motifs is 1. The number of hydrogen-bond acceptors (Lipinski definition) is 3. The van der Waals surface area contributed by atoms with Gasteiger partial charge in [-0.25, -0.2) is 8.42 Å². The van der Waals surface area contributed by atoms with Crippen molar-refractivity contribution in [2.75, 3.05) is 0 Å². The third kappa shape index (κ3) is 1.71. The molecule has 0 bridgehead atoms. The lowest BCUT2D eigenvalue weighted by molar-refractivity contribution is 0.610. The Balaban J connectivity index is 3.00. The molecule has 0 N–H and O–H groups in total. The van der Waals surface area contributed by atoms with Gasteiger partial charge in [-0.3, -0.25) is 4.68 Å². The molecule has 0 saturated heterocycles. The van der Waals surface area contributed by atoms with Crippen molar-refractivity contribution in [3.05, 3.63) is 23.4 Å². The zero-order valence-corrected chi connectivity index (χ0v) is 9.94. The van der Waals surface area contributed by atoms with E-state index in [1.807, 2.05) is 0 Å². The van der Waals surface area contributed by atoms with E-state index in [4.69, 9.17) is 22.3 Å². The summed E-state index contributed by atoms with van der Waals surface area (Å²) in [5.41, 5.74) is 0.627. The van der Waals surface area contributed by atoms with Gasteiger partial charge in [-0.05, 0) is 12.1 Å². The van der Waals surface area contributed by atoms with Crippen LogP contribution in [0.3, 0.4) is 0 Å². The summed E-state index contributed by atoms with van der Waals surface area (Å²) in [5.74, 6) is 0. The van der Waals surface area contributed by atoms with E-state index in [1.165, 1.54) is 10.7 Å². The van der Waals surface area contributed by atoms with Crippen LogP contribution in [-0.4, -0.2) is 18.2 Å². The molecule has 7 heteroatoms. The molecule has 1 heterocycles. The number of aromatic nitrogens is 2. The lowest BCUT2D eigenvalue weighted by Gasteiger charge is -1.98. The SMILES string of the molecule is Cn1nc(Cl)c2c(S(=O)(=O)Cl)cccc21. The molecule has 4 nitrogen and oxygen atoms in total. The van der Waals surface area contributed by atoms with Gasteiger partial charge in [-0.15, -0.1) is 0 Å². The van der Waals surface area contributed by atoms with Crippen molar-refractivity contribution in [2.24, 2.45) is 7.05 Å². The predicted octanol–water partition coefficient (Wildman–Crippen LogP) is 2.15. The molecule has 0 unspecified atom stereocenters. The van der Waals surface area contributed by atoms with E-state index in [-0.39, 0.29) is 10.0 Å². The molecule has 1 aromatic carbocycles. The minimum Gasteiger partial charge on any atom is -0.266 e. The summed E-state index contributed by atoms with van der Waals surface area (Å²) in [6.07, 6.45) is 0. The van der Waals surface area contributed by atoms with Crippen LogP contribution in [0.25, 0.3) is 10.9 Å². The molecule has 0 aliphatic heterocycles. The minimum absolute atomic E-state index is 0.0141. The van der Waals surface area contributed by atoms with Crippen molar-refractivity contribution in [1.29, 1.82) is 0 Å². The van der Waals surface area contributed by atoms with Gasteiger partial charge < -0.3 is 0 Å². The summed E-state index contributed by atoms with van der Waals surface area (Å²) in [6, 6.07) is 4.72. The molecular weight excluding hydrogens is 259 g/mol. The van der Waals surface area contributed by atoms with Gasteiger partial charge in [0.25, 0.3) is 9.05 Å². The van der Waals surface area contributed by atoms with Gasteiger partial charge in [-0.1, -0.05) is 17.7 Å². The zero-order valence-electron chi connectivity index (χ0n) is 7.61. The number of nitrogens with zero attached hydrogens (tertiary/aromatic N) is 2. The molecule has 1 aromatic heterocycles. The maximum atomic E-state index is 11.3. The van der Waals surface area contributed by atoms with Crippen molar-refractivity contribution in [3.63, 3.8) is 0 Å². The molecule has 0 spiro atoms. The molecule has 0 atom stereocenters. The van der Waals surface area contributed by atoms with E-state index >= 15 is 0 Å². The van der Waals surface area contributed by atoms with E-state index in [2.05, 4.69) is 5.10 Å². The van der Waals surface area contributed by atoms with Crippen LogP contribution < -0.4 is 0 Å². The largest absolute Gasteiger partial charge is 0.266 e. The molecule has 0 amide bonds. The van der Waals surface area contributed by atoms with Crippen LogP contribution in [0.15, 0.2) is 23.1 Å². The lowest BCUT2D eigenvalue weighted by atomic mass is 10.2. The Hall–Kier alpha value is -0.780. The second kappa shape index (κ2) is 3.37. The Morgan fingerprint density at radius 2 is 2.07 bits per heavy atom. The van der Waals surface area contributed by atoms with Gasteiger partial charge in [0.05, 0.1) is 15.8 Å². The van der Waals surface area contributed by atoms with Crippen LogP contribution in [0.4, 0.5) is 0 Å². The molecule has 80 valence electrons. The number of rotatable bonds is 1. The monoisotopic (exact) mass is 264 g/mol. The van der Waals surface area contributed by atoms with Crippen molar-refractivity contribution >= 4 is 42.2 Å². The van der Waals surface area contributed by atoms with Gasteiger partial charge in [0.15, 0.2) is 5.15 Å². The van der Waals surface area contributed by atoms with Crippen molar-refractivity contribution in [3.8, 4) is 0 Å². The smallest absolute Gasteiger partial charge is 0.262 e. The van der Waals surface area contributed by atoms with Crippen LogP contribution in [0.2, 0.25) is 5.15 Å². The maximum Gasteiger partial charge on any atom is 0.262 e. The summed E-state index contributed by atoms with van der Waals surface area (Å²) in [5, 5.41) is 4.41. The summed E-state index contributed by atoms with van der Waals surface area (Å²) in [4.78, 5) is -0.0141. The van der Waals surface area contributed by atoms with Crippen molar-refractivity contribution < 1.29 is 8.42 Å². The summed E-state index contributed by atoms with van der Waals surface area (Å²) in [6.45, 7) is 0. The Morgan fingerprint density at radius 3 is 2.67 bits per heavy atom. The van der Waals surface area contributed by atoms with Gasteiger partial charge in [0.1, 0.15) is 0 Å². The van der Waals surface area contributed by atoms with E-state index in [0.717, 1.165) is 0 Å². The first-order valence-corrected chi connectivity index (χ1v) is 6.66. The normalized spacial score (nSPS) is 12.2. The topological polar surface area (TPSA) is 52.0 Å². The minimum atomic E-state index is -3.80. The summed E-state index contributed by atoms with van der Waals surface area (Å²) in [7, 11) is 3.17. The highest BCUT2D eigenvalue weighted by molar-refractivity contribution is 8.14. The number of halogens is 2. The van der Waals surface area contributed by atoms with Gasteiger partial charge in [0, 0.05) is 17.7 Å². The van der Waals surface area contributed by atoms with E-state index in [1.54, 1.807) is 19.2 Å². The third-order valence-corrected chi connectivity index (χ3v) is 3.69. The standard InChI is InChI=1S/C8H6Cl2N2O2S/c1-12-5-3-2-4-6(15(10,13)14)7(5)8(9)11-12/h2-4H,1H3. The lowest BCUT2D eigenvalue weighted by Crippen LogP contribution is -1.92. The fourth-order valence-corrected chi connectivity index (χ4v) is 2.88. The van der Waals surface area contributed by atoms with E-state index < -0.39 is 9.05 Å². The first-order valence-electron chi connectivity index (χ1n) is 3.97. The molecule has 0 aliphatic carbocycles. The number of aryl methyl sites for hydroxylation is 1. The number of benzene rings is 1. The van der Waals surface area contributed by atoms with E-state index in [9.17, 15) is 8.42 Å². The van der Waals surface area contributed by atoms with Crippen LogP contribution in [0.1, 0.15) is 0 Å². The highest BCUT2D eigenvalue weighted by atomic mass is 35.7. The zero-order chi connectivity index (χ0) is 11.2. The van der Waals surface area contributed by atoms with Crippen LogP contribution in [-0.2, 0) is 16.1 Å². The van der Waals surface area contributed by atoms with Gasteiger partial charge in [0.2, 0.25) is 0 Å². The molecule has 15 heavy (non-hydrogen) atoms. The Morgan fingerprint density at radius 1 is 1.40 bits per heavy atom. The molecular formula is C8H6Cl2N2O2S. The van der Waals surface area contributed by atoms with E-state index in [0.29, 0.717) is 10.9 Å². The maximum absolute atomic E-state index is 11.3. The fraction of sp³-hybridized carbons (Fsp3) is 0.125. The van der Waals surface area contributed by atoms with Crippen molar-refractivity contribution in [1.82, 2.24) is 9.78 Å². The Labute approximate surface area is 95.8 Å². The van der Waals surface area contributed by atoms with Crippen molar-refractivity contribution in [2.45, 2.75) is 4.90 Å². The quantitative estimate of drug-likeness (QED) is 0.742. The molecule has 0 radical (unpaired) electrons. The summed E-state index contributed by atoms with van der Waals surface area (Å²) >= 11 is 5.83. The first-order chi connectivity index (χ1) is 6.91. The molecule has 2 aromatic rings. The van der Waals surface area contributed by atoms with Crippen LogP contribution in [0, 0.1) is 0 Å². The Kier molecular flexibility index (Phi) is 2.41. The second-order valence-electron chi connectivity index (χ2n) is 3.00. The molecule has 0 aliphatic rings.